The fraction of sp³-hybridized carbons (Fsp3) is 0.800. The van der Waals surface area contributed by atoms with Gasteiger partial charge in [0.1, 0.15) is 0 Å². The Hall–Kier alpha value is -0.580. The molecule has 2 unspecified atom stereocenters. The van der Waals surface area contributed by atoms with Gasteiger partial charge in [0.2, 0.25) is 0 Å². The molecular weight excluding hydrogens is 274 g/mol. The van der Waals surface area contributed by atoms with Crippen LogP contribution in [0.5, 0.6) is 0 Å². The van der Waals surface area contributed by atoms with Gasteiger partial charge in [-0.15, -0.1) is 0 Å². The van der Waals surface area contributed by atoms with Crippen LogP contribution in [0.3, 0.4) is 0 Å². The molecule has 5 heteroatoms. The standard InChI is InChI=1S/C15H26ClN3O/c1-5-8-17-13(15(20-4)11-6-7-11)14-12(16)9-18-19(14)10(2)3/h9-11,13,15,17H,5-8H2,1-4H3. The number of ether oxygens (including phenoxy) is 1. The van der Waals surface area contributed by atoms with Crippen LogP contribution in [0.1, 0.15) is 57.8 Å². The van der Waals surface area contributed by atoms with Crippen LogP contribution in [0.4, 0.5) is 0 Å². The zero-order chi connectivity index (χ0) is 14.7. The molecular formula is C15H26ClN3O. The summed E-state index contributed by atoms with van der Waals surface area (Å²) < 4.78 is 7.80. The minimum absolute atomic E-state index is 0.116. The Morgan fingerprint density at radius 1 is 1.50 bits per heavy atom. The van der Waals surface area contributed by atoms with Gasteiger partial charge >= 0.3 is 0 Å². The summed E-state index contributed by atoms with van der Waals surface area (Å²) in [6, 6.07) is 0.407. The number of hydrogen-bond donors (Lipinski definition) is 1. The summed E-state index contributed by atoms with van der Waals surface area (Å²) in [5.74, 6) is 0.640. The summed E-state index contributed by atoms with van der Waals surface area (Å²) in [6.07, 6.45) is 5.50. The molecule has 4 nitrogen and oxygen atoms in total. The second-order valence-electron chi connectivity index (χ2n) is 5.89. The van der Waals surface area contributed by atoms with Crippen LogP contribution in [0.2, 0.25) is 5.02 Å². The lowest BCUT2D eigenvalue weighted by Crippen LogP contribution is -2.37. The van der Waals surface area contributed by atoms with Gasteiger partial charge in [-0.2, -0.15) is 5.10 Å². The fourth-order valence-electron chi connectivity index (χ4n) is 2.75. The molecule has 0 spiro atoms. The lowest BCUT2D eigenvalue weighted by atomic mass is 10.0. The Labute approximate surface area is 126 Å². The van der Waals surface area contributed by atoms with Crippen molar-refractivity contribution in [3.8, 4) is 0 Å². The number of nitrogens with zero attached hydrogens (tertiary/aromatic N) is 2. The number of rotatable bonds is 8. The highest BCUT2D eigenvalue weighted by atomic mass is 35.5. The van der Waals surface area contributed by atoms with Crippen LogP contribution in [0.15, 0.2) is 6.20 Å². The maximum atomic E-state index is 6.41. The second kappa shape index (κ2) is 6.92. The molecule has 2 rings (SSSR count). The average Bonchev–Trinajstić information content (AvgIpc) is 3.17. The molecule has 1 N–H and O–H groups in total. The minimum Gasteiger partial charge on any atom is -0.379 e. The SMILES string of the molecule is CCCNC(c1c(Cl)cnn1C(C)C)C(OC)C1CC1. The quantitative estimate of drug-likeness (QED) is 0.797. The summed E-state index contributed by atoms with van der Waals surface area (Å²) in [5.41, 5.74) is 1.06. The van der Waals surface area contributed by atoms with Crippen molar-refractivity contribution >= 4 is 11.6 Å². The van der Waals surface area contributed by atoms with E-state index >= 15 is 0 Å². The lowest BCUT2D eigenvalue weighted by molar-refractivity contribution is 0.0476. The van der Waals surface area contributed by atoms with E-state index in [1.165, 1.54) is 12.8 Å². The van der Waals surface area contributed by atoms with Crippen LogP contribution in [0.25, 0.3) is 0 Å². The summed E-state index contributed by atoms with van der Waals surface area (Å²) in [7, 11) is 1.80. The van der Waals surface area contributed by atoms with Crippen molar-refractivity contribution in [1.82, 2.24) is 15.1 Å². The lowest BCUT2D eigenvalue weighted by Gasteiger charge is -2.29. The molecule has 1 fully saturated rings. The van der Waals surface area contributed by atoms with E-state index in [1.54, 1.807) is 13.3 Å². The highest BCUT2D eigenvalue weighted by molar-refractivity contribution is 6.31. The van der Waals surface area contributed by atoms with Crippen molar-refractivity contribution in [3.05, 3.63) is 16.9 Å². The molecule has 1 aliphatic rings. The molecule has 0 radical (unpaired) electrons. The average molecular weight is 300 g/mol. The first-order valence-corrected chi connectivity index (χ1v) is 7.97. The Morgan fingerprint density at radius 3 is 2.70 bits per heavy atom. The zero-order valence-corrected chi connectivity index (χ0v) is 13.7. The molecule has 0 saturated heterocycles. The first-order valence-electron chi connectivity index (χ1n) is 7.59. The van der Waals surface area contributed by atoms with Crippen molar-refractivity contribution in [2.75, 3.05) is 13.7 Å². The largest absolute Gasteiger partial charge is 0.379 e. The third-order valence-corrected chi connectivity index (χ3v) is 4.16. The molecule has 1 aromatic heterocycles. The topological polar surface area (TPSA) is 39.1 Å². The van der Waals surface area contributed by atoms with Gasteiger partial charge in [-0.05, 0) is 45.6 Å². The van der Waals surface area contributed by atoms with E-state index in [1.807, 2.05) is 4.68 Å². The van der Waals surface area contributed by atoms with Crippen molar-refractivity contribution in [1.29, 1.82) is 0 Å². The van der Waals surface area contributed by atoms with Gasteiger partial charge in [0.15, 0.2) is 0 Å². The van der Waals surface area contributed by atoms with Crippen LogP contribution in [-0.4, -0.2) is 29.5 Å². The van der Waals surface area contributed by atoms with E-state index in [0.717, 1.165) is 23.7 Å². The maximum absolute atomic E-state index is 6.41. The van der Waals surface area contributed by atoms with Crippen molar-refractivity contribution in [3.63, 3.8) is 0 Å². The Bertz CT molecular complexity index is 429. The summed E-state index contributed by atoms with van der Waals surface area (Å²) in [6.45, 7) is 7.38. The van der Waals surface area contributed by atoms with E-state index in [2.05, 4.69) is 31.2 Å². The molecule has 1 aromatic rings. The predicted octanol–water partition coefficient (Wildman–Crippen LogP) is 3.58. The smallest absolute Gasteiger partial charge is 0.0835 e. The monoisotopic (exact) mass is 299 g/mol. The van der Waals surface area contributed by atoms with Crippen LogP contribution >= 0.6 is 11.6 Å². The van der Waals surface area contributed by atoms with Gasteiger partial charge in [0.25, 0.3) is 0 Å². The summed E-state index contributed by atoms with van der Waals surface area (Å²) in [5, 5.41) is 8.77. The fourth-order valence-corrected chi connectivity index (χ4v) is 2.99. The normalized spacial score (nSPS) is 18.5. The highest BCUT2D eigenvalue weighted by Crippen LogP contribution is 2.41. The van der Waals surface area contributed by atoms with Gasteiger partial charge < -0.3 is 10.1 Å². The van der Waals surface area contributed by atoms with Gasteiger partial charge in [-0.3, -0.25) is 4.68 Å². The molecule has 1 saturated carbocycles. The number of hydrogen-bond acceptors (Lipinski definition) is 3. The minimum atomic E-state index is 0.116. The third kappa shape index (κ3) is 3.35. The molecule has 0 aromatic carbocycles. The van der Waals surface area contributed by atoms with Crippen molar-refractivity contribution < 1.29 is 4.74 Å². The van der Waals surface area contributed by atoms with Gasteiger partial charge in [0, 0.05) is 13.2 Å². The van der Waals surface area contributed by atoms with Crippen molar-refractivity contribution in [2.24, 2.45) is 5.92 Å². The molecule has 114 valence electrons. The predicted molar refractivity (Wildman–Crippen MR) is 82.2 cm³/mol. The summed E-state index contributed by atoms with van der Waals surface area (Å²) >= 11 is 6.41. The molecule has 20 heavy (non-hydrogen) atoms. The number of halogens is 1. The van der Waals surface area contributed by atoms with E-state index in [0.29, 0.717) is 12.0 Å². The van der Waals surface area contributed by atoms with E-state index in [4.69, 9.17) is 16.3 Å². The Morgan fingerprint density at radius 2 is 2.20 bits per heavy atom. The molecule has 0 amide bonds. The van der Waals surface area contributed by atoms with Crippen LogP contribution in [0, 0.1) is 5.92 Å². The number of methoxy groups -OCH3 is 1. The Kier molecular flexibility index (Phi) is 5.47. The molecule has 2 atom stereocenters. The molecule has 1 aliphatic carbocycles. The molecule has 0 aliphatic heterocycles. The molecule has 0 bridgehead atoms. The first kappa shape index (κ1) is 15.8. The third-order valence-electron chi connectivity index (χ3n) is 3.87. The van der Waals surface area contributed by atoms with Crippen LogP contribution in [-0.2, 0) is 4.74 Å². The first-order chi connectivity index (χ1) is 9.60. The van der Waals surface area contributed by atoms with Gasteiger partial charge in [0.05, 0.1) is 29.1 Å². The van der Waals surface area contributed by atoms with Crippen molar-refractivity contribution in [2.45, 2.75) is 58.2 Å². The van der Waals surface area contributed by atoms with Crippen LogP contribution < -0.4 is 5.32 Å². The van der Waals surface area contributed by atoms with Gasteiger partial charge in [-0.25, -0.2) is 0 Å². The van der Waals surface area contributed by atoms with E-state index in [-0.39, 0.29) is 12.1 Å². The second-order valence-corrected chi connectivity index (χ2v) is 6.29. The zero-order valence-electron chi connectivity index (χ0n) is 12.9. The van der Waals surface area contributed by atoms with E-state index < -0.39 is 0 Å². The maximum Gasteiger partial charge on any atom is 0.0835 e. The Balaban J connectivity index is 2.31. The van der Waals surface area contributed by atoms with Gasteiger partial charge in [-0.1, -0.05) is 18.5 Å². The summed E-state index contributed by atoms with van der Waals surface area (Å²) in [4.78, 5) is 0. The highest BCUT2D eigenvalue weighted by Gasteiger charge is 2.39. The van der Waals surface area contributed by atoms with E-state index in [9.17, 15) is 0 Å². The number of aromatic nitrogens is 2. The number of nitrogens with one attached hydrogen (secondary N) is 1. The molecule has 1 heterocycles.